The van der Waals surface area contributed by atoms with Gasteiger partial charge in [0.1, 0.15) is 5.66 Å². The first-order chi connectivity index (χ1) is 8.27. The maximum absolute atomic E-state index is 5.94. The molecule has 0 saturated carbocycles. The molecule has 100 valence electrons. The third-order valence-corrected chi connectivity index (χ3v) is 3.95. The molecule has 0 aromatic carbocycles. The summed E-state index contributed by atoms with van der Waals surface area (Å²) >= 11 is 0. The minimum atomic E-state index is -0.422. The van der Waals surface area contributed by atoms with Crippen LogP contribution in [0.1, 0.15) is 34.6 Å². The molecule has 1 aliphatic rings. The molecule has 1 saturated heterocycles. The second kappa shape index (κ2) is 4.32. The highest BCUT2D eigenvalue weighted by Gasteiger charge is 2.53. The predicted octanol–water partition coefficient (Wildman–Crippen LogP) is 2.03. The van der Waals surface area contributed by atoms with Crippen molar-refractivity contribution in [2.24, 2.45) is 0 Å². The maximum atomic E-state index is 5.94. The van der Waals surface area contributed by atoms with E-state index in [-0.39, 0.29) is 11.2 Å². The number of anilines is 1. The maximum Gasteiger partial charge on any atom is 0.532 e. The molecule has 0 amide bonds. The van der Waals surface area contributed by atoms with Crippen molar-refractivity contribution in [3.63, 3.8) is 0 Å². The summed E-state index contributed by atoms with van der Waals surface area (Å²) in [6, 6.07) is 3.87. The van der Waals surface area contributed by atoms with Gasteiger partial charge in [-0.25, -0.2) is 0 Å². The van der Waals surface area contributed by atoms with Crippen molar-refractivity contribution in [1.82, 2.24) is 0 Å². The van der Waals surface area contributed by atoms with E-state index in [0.29, 0.717) is 0 Å². The lowest BCUT2D eigenvalue weighted by Crippen LogP contribution is -2.41. The Kier molecular flexibility index (Phi) is 3.24. The van der Waals surface area contributed by atoms with Crippen LogP contribution in [0.25, 0.3) is 0 Å². The predicted molar refractivity (Wildman–Crippen MR) is 73.4 cm³/mol. The summed E-state index contributed by atoms with van der Waals surface area (Å²) in [6.45, 7) is 11.1. The van der Waals surface area contributed by atoms with Crippen molar-refractivity contribution < 1.29 is 13.7 Å². The number of nitrogens with zero attached hydrogens (tertiary/aromatic N) is 1. The van der Waals surface area contributed by atoms with Crippen LogP contribution in [0.4, 0.5) is 5.88 Å². The van der Waals surface area contributed by atoms with Gasteiger partial charge >= 0.3 is 7.12 Å². The zero-order valence-corrected chi connectivity index (χ0v) is 12.1. The highest BCUT2D eigenvalue weighted by molar-refractivity contribution is 6.60. The van der Waals surface area contributed by atoms with E-state index in [1.54, 1.807) is 0 Å². The van der Waals surface area contributed by atoms with Gasteiger partial charge in [0.15, 0.2) is 5.88 Å². The van der Waals surface area contributed by atoms with E-state index >= 15 is 0 Å². The first kappa shape index (κ1) is 13.5. The first-order valence-electron chi connectivity index (χ1n) is 6.43. The zero-order chi connectivity index (χ0) is 13.6. The van der Waals surface area contributed by atoms with Gasteiger partial charge in [0.2, 0.25) is 0 Å². The number of rotatable bonds is 3. The van der Waals surface area contributed by atoms with Crippen LogP contribution in [0.2, 0.25) is 0 Å². The minimum Gasteiger partial charge on any atom is -0.449 e. The fourth-order valence-electron chi connectivity index (χ4n) is 1.79. The van der Waals surface area contributed by atoms with Crippen LogP contribution in [0.5, 0.6) is 0 Å². The molecule has 0 radical (unpaired) electrons. The molecular weight excluding hydrogens is 229 g/mol. The van der Waals surface area contributed by atoms with E-state index in [4.69, 9.17) is 13.7 Å². The molecule has 0 atom stereocenters. The van der Waals surface area contributed by atoms with Crippen LogP contribution in [-0.4, -0.2) is 31.9 Å². The lowest BCUT2D eigenvalue weighted by Gasteiger charge is -2.32. The average molecular weight is 251 g/mol. The van der Waals surface area contributed by atoms with Gasteiger partial charge in [0, 0.05) is 19.7 Å². The Bertz CT molecular complexity index is 412. The van der Waals surface area contributed by atoms with Crippen LogP contribution in [0, 0.1) is 0 Å². The molecule has 0 unspecified atom stereocenters. The van der Waals surface area contributed by atoms with Gasteiger partial charge < -0.3 is 18.6 Å². The third-order valence-electron chi connectivity index (χ3n) is 3.95. The molecule has 0 N–H and O–H groups in total. The molecular formula is C13H22BNO3. The molecule has 2 heterocycles. The number of hydrogen-bond acceptors (Lipinski definition) is 4. The van der Waals surface area contributed by atoms with Crippen LogP contribution in [-0.2, 0) is 9.31 Å². The van der Waals surface area contributed by atoms with E-state index in [1.165, 1.54) is 0 Å². The van der Waals surface area contributed by atoms with E-state index in [0.717, 1.165) is 18.1 Å². The Labute approximate surface area is 109 Å². The molecule has 5 heteroatoms. The molecule has 4 nitrogen and oxygen atoms in total. The molecule has 1 aromatic heterocycles. The van der Waals surface area contributed by atoms with E-state index in [9.17, 15) is 0 Å². The van der Waals surface area contributed by atoms with Gasteiger partial charge in [-0.3, -0.25) is 0 Å². The molecule has 1 fully saturated rings. The fraction of sp³-hybridized carbons (Fsp3) is 0.692. The summed E-state index contributed by atoms with van der Waals surface area (Å²) in [7, 11) is 1.57. The zero-order valence-electron chi connectivity index (χ0n) is 12.1. The Balaban J connectivity index is 2.17. The second-order valence-corrected chi connectivity index (χ2v) is 5.78. The largest absolute Gasteiger partial charge is 0.532 e. The fourth-order valence-corrected chi connectivity index (χ4v) is 1.79. The van der Waals surface area contributed by atoms with Gasteiger partial charge in [-0.15, -0.1) is 0 Å². The first-order valence-corrected chi connectivity index (χ1v) is 6.43. The van der Waals surface area contributed by atoms with Crippen molar-refractivity contribution in [1.29, 1.82) is 0 Å². The molecule has 18 heavy (non-hydrogen) atoms. The normalized spacial score (nSPS) is 21.3. The van der Waals surface area contributed by atoms with Crippen molar-refractivity contribution in [2.75, 3.05) is 18.5 Å². The monoisotopic (exact) mass is 251 g/mol. The van der Waals surface area contributed by atoms with Crippen molar-refractivity contribution >= 4 is 18.7 Å². The summed E-state index contributed by atoms with van der Waals surface area (Å²) in [4.78, 5) is 2.04. The minimum absolute atomic E-state index is 0.332. The lowest BCUT2D eigenvalue weighted by atomic mass is 9.86. The molecule has 0 spiro atoms. The van der Waals surface area contributed by atoms with Crippen LogP contribution in [0.3, 0.4) is 0 Å². The summed E-state index contributed by atoms with van der Waals surface area (Å²) in [5.74, 6) is 0.835. The standard InChI is InChI=1S/C13H22BNO3/c1-7-15(6)11-9-8-10(16-11)14-17-12(2,3)13(4,5)18-14/h8-9H,7H2,1-6H3. The van der Waals surface area contributed by atoms with Crippen molar-refractivity contribution in [3.8, 4) is 0 Å². The summed E-state index contributed by atoms with van der Waals surface area (Å²) in [5.41, 5.74) is 0.0617. The van der Waals surface area contributed by atoms with E-state index in [1.807, 2.05) is 51.8 Å². The van der Waals surface area contributed by atoms with Gasteiger partial charge in [0.25, 0.3) is 0 Å². The molecule has 0 bridgehead atoms. The van der Waals surface area contributed by atoms with E-state index in [2.05, 4.69) is 6.92 Å². The van der Waals surface area contributed by atoms with Crippen LogP contribution >= 0.6 is 0 Å². The molecule has 1 aromatic rings. The summed E-state index contributed by atoms with van der Waals surface area (Å²) in [5, 5.41) is 0. The Morgan fingerprint density at radius 2 is 1.67 bits per heavy atom. The van der Waals surface area contributed by atoms with Crippen LogP contribution in [0.15, 0.2) is 16.5 Å². The topological polar surface area (TPSA) is 34.8 Å². The second-order valence-electron chi connectivity index (χ2n) is 5.78. The Morgan fingerprint density at radius 1 is 1.11 bits per heavy atom. The summed E-state index contributed by atoms with van der Waals surface area (Å²) in [6.07, 6.45) is 0. The van der Waals surface area contributed by atoms with Gasteiger partial charge in [0.05, 0.1) is 11.2 Å². The number of furan rings is 1. The van der Waals surface area contributed by atoms with E-state index < -0.39 is 7.12 Å². The van der Waals surface area contributed by atoms with Crippen molar-refractivity contribution in [3.05, 3.63) is 12.1 Å². The molecule has 0 aliphatic carbocycles. The number of hydrogen-bond donors (Lipinski definition) is 0. The van der Waals surface area contributed by atoms with Crippen molar-refractivity contribution in [2.45, 2.75) is 45.8 Å². The smallest absolute Gasteiger partial charge is 0.449 e. The highest BCUT2D eigenvalue weighted by atomic mass is 16.7. The molecule has 2 rings (SSSR count). The van der Waals surface area contributed by atoms with Crippen LogP contribution < -0.4 is 10.6 Å². The quantitative estimate of drug-likeness (QED) is 0.770. The van der Waals surface area contributed by atoms with Gasteiger partial charge in [-0.05, 0) is 40.7 Å². The van der Waals surface area contributed by atoms with Gasteiger partial charge in [-0.2, -0.15) is 0 Å². The average Bonchev–Trinajstić information content (AvgIpc) is 2.82. The lowest BCUT2D eigenvalue weighted by molar-refractivity contribution is 0.00578. The third kappa shape index (κ3) is 2.17. The van der Waals surface area contributed by atoms with Gasteiger partial charge in [-0.1, -0.05) is 0 Å². The SMILES string of the molecule is CCN(C)c1ccc(B2OC(C)(C)C(C)(C)O2)o1. The summed E-state index contributed by atoms with van der Waals surface area (Å²) < 4.78 is 17.7. The Hall–Kier alpha value is -0.935. The molecule has 1 aliphatic heterocycles. The Morgan fingerprint density at radius 3 is 2.17 bits per heavy atom. The highest BCUT2D eigenvalue weighted by Crippen LogP contribution is 2.36.